The zero-order chi connectivity index (χ0) is 10.7. The third-order valence-electron chi connectivity index (χ3n) is 1.84. The van der Waals surface area contributed by atoms with E-state index in [1.807, 2.05) is 13.8 Å². The highest BCUT2D eigenvalue weighted by Gasteiger charge is 2.10. The molecule has 0 atom stereocenters. The lowest BCUT2D eigenvalue weighted by Gasteiger charge is -2.03. The fraction of sp³-hybridized carbons (Fsp3) is 0.364. The standard InChI is InChI=1S/C11H12F2O/c1-7(2)5-11(14)8-3-4-9(12)10(13)6-8/h3-4,6-7H,5H2,1-2H3. The molecule has 0 fully saturated rings. The number of carbonyl (C=O) groups is 1. The van der Waals surface area contributed by atoms with E-state index in [4.69, 9.17) is 0 Å². The van der Waals surface area contributed by atoms with E-state index in [9.17, 15) is 13.6 Å². The Morgan fingerprint density at radius 1 is 1.29 bits per heavy atom. The van der Waals surface area contributed by atoms with Crippen molar-refractivity contribution in [3.8, 4) is 0 Å². The molecule has 0 bridgehead atoms. The third-order valence-corrected chi connectivity index (χ3v) is 1.84. The first kappa shape index (κ1) is 10.8. The molecular weight excluding hydrogens is 186 g/mol. The molecule has 0 unspecified atom stereocenters. The number of benzene rings is 1. The highest BCUT2D eigenvalue weighted by atomic mass is 19.2. The number of carbonyl (C=O) groups excluding carboxylic acids is 1. The Labute approximate surface area is 81.7 Å². The summed E-state index contributed by atoms with van der Waals surface area (Å²) >= 11 is 0. The lowest BCUT2D eigenvalue weighted by atomic mass is 10.0. The Bertz CT molecular complexity index is 345. The molecule has 0 aliphatic carbocycles. The fourth-order valence-corrected chi connectivity index (χ4v) is 1.16. The van der Waals surface area contributed by atoms with E-state index < -0.39 is 11.6 Å². The van der Waals surface area contributed by atoms with Crippen molar-refractivity contribution in [1.82, 2.24) is 0 Å². The van der Waals surface area contributed by atoms with Crippen LogP contribution in [0, 0.1) is 17.6 Å². The van der Waals surface area contributed by atoms with Crippen LogP contribution < -0.4 is 0 Å². The molecule has 0 saturated carbocycles. The van der Waals surface area contributed by atoms with Gasteiger partial charge in [0.2, 0.25) is 0 Å². The van der Waals surface area contributed by atoms with Crippen molar-refractivity contribution >= 4 is 5.78 Å². The minimum atomic E-state index is -0.973. The minimum Gasteiger partial charge on any atom is -0.294 e. The van der Waals surface area contributed by atoms with Gasteiger partial charge in [0, 0.05) is 12.0 Å². The van der Waals surface area contributed by atoms with Crippen LogP contribution in [-0.4, -0.2) is 5.78 Å². The summed E-state index contributed by atoms with van der Waals surface area (Å²) in [5.74, 6) is -1.83. The Kier molecular flexibility index (Phi) is 3.33. The van der Waals surface area contributed by atoms with Crippen LogP contribution in [0.5, 0.6) is 0 Å². The second-order valence-electron chi connectivity index (χ2n) is 3.65. The smallest absolute Gasteiger partial charge is 0.163 e. The predicted molar refractivity (Wildman–Crippen MR) is 50.1 cm³/mol. The monoisotopic (exact) mass is 198 g/mol. The SMILES string of the molecule is CC(C)CC(=O)c1ccc(F)c(F)c1. The van der Waals surface area contributed by atoms with Crippen LogP contribution in [0.4, 0.5) is 8.78 Å². The van der Waals surface area contributed by atoms with Gasteiger partial charge in [0.15, 0.2) is 17.4 Å². The van der Waals surface area contributed by atoms with Crippen LogP contribution in [0.15, 0.2) is 18.2 Å². The normalized spacial score (nSPS) is 10.6. The molecule has 1 aromatic carbocycles. The maximum absolute atomic E-state index is 12.7. The number of ketones is 1. The van der Waals surface area contributed by atoms with Crippen molar-refractivity contribution in [1.29, 1.82) is 0 Å². The highest BCUT2D eigenvalue weighted by Crippen LogP contribution is 2.13. The van der Waals surface area contributed by atoms with Gasteiger partial charge in [-0.2, -0.15) is 0 Å². The first-order chi connectivity index (χ1) is 6.50. The number of rotatable bonds is 3. The van der Waals surface area contributed by atoms with E-state index in [2.05, 4.69) is 0 Å². The molecule has 1 nitrogen and oxygen atoms in total. The van der Waals surface area contributed by atoms with E-state index in [-0.39, 0.29) is 17.3 Å². The molecule has 0 spiro atoms. The van der Waals surface area contributed by atoms with Gasteiger partial charge in [0.1, 0.15) is 0 Å². The van der Waals surface area contributed by atoms with E-state index in [1.54, 1.807) is 0 Å². The van der Waals surface area contributed by atoms with E-state index in [0.717, 1.165) is 12.1 Å². The van der Waals surface area contributed by atoms with Gasteiger partial charge in [-0.25, -0.2) is 8.78 Å². The Morgan fingerprint density at radius 2 is 1.93 bits per heavy atom. The summed E-state index contributed by atoms with van der Waals surface area (Å²) in [5.41, 5.74) is 0.234. The Balaban J connectivity index is 2.86. The summed E-state index contributed by atoms with van der Waals surface area (Å²) in [6.45, 7) is 3.80. The van der Waals surface area contributed by atoms with Gasteiger partial charge in [-0.15, -0.1) is 0 Å². The number of halogens is 2. The van der Waals surface area contributed by atoms with Crippen molar-refractivity contribution in [2.45, 2.75) is 20.3 Å². The van der Waals surface area contributed by atoms with Crippen molar-refractivity contribution in [2.75, 3.05) is 0 Å². The zero-order valence-electron chi connectivity index (χ0n) is 8.18. The lowest BCUT2D eigenvalue weighted by molar-refractivity contribution is 0.0967. The maximum Gasteiger partial charge on any atom is 0.163 e. The average molecular weight is 198 g/mol. The van der Waals surface area contributed by atoms with Crippen LogP contribution in [0.3, 0.4) is 0 Å². The number of Topliss-reactive ketones (excluding diaryl/α,β-unsaturated/α-hetero) is 1. The highest BCUT2D eigenvalue weighted by molar-refractivity contribution is 5.96. The molecule has 0 N–H and O–H groups in total. The van der Waals surface area contributed by atoms with Crippen molar-refractivity contribution in [2.24, 2.45) is 5.92 Å². The van der Waals surface area contributed by atoms with Crippen LogP contribution in [0.1, 0.15) is 30.6 Å². The van der Waals surface area contributed by atoms with Crippen LogP contribution >= 0.6 is 0 Å². The van der Waals surface area contributed by atoms with E-state index >= 15 is 0 Å². The molecule has 0 amide bonds. The molecule has 1 aromatic rings. The second kappa shape index (κ2) is 4.31. The first-order valence-electron chi connectivity index (χ1n) is 4.49. The lowest BCUT2D eigenvalue weighted by Crippen LogP contribution is -2.04. The molecule has 76 valence electrons. The topological polar surface area (TPSA) is 17.1 Å². The molecule has 0 aliphatic rings. The summed E-state index contributed by atoms with van der Waals surface area (Å²) in [5, 5.41) is 0. The van der Waals surface area contributed by atoms with Gasteiger partial charge < -0.3 is 0 Å². The molecule has 1 rings (SSSR count). The van der Waals surface area contributed by atoms with Crippen molar-refractivity contribution < 1.29 is 13.6 Å². The summed E-state index contributed by atoms with van der Waals surface area (Å²) < 4.78 is 25.3. The molecule has 14 heavy (non-hydrogen) atoms. The molecule has 0 radical (unpaired) electrons. The Morgan fingerprint density at radius 3 is 2.43 bits per heavy atom. The average Bonchev–Trinajstić information content (AvgIpc) is 2.08. The molecular formula is C11H12F2O. The fourth-order valence-electron chi connectivity index (χ4n) is 1.16. The minimum absolute atomic E-state index is 0.154. The molecule has 0 aromatic heterocycles. The van der Waals surface area contributed by atoms with Gasteiger partial charge >= 0.3 is 0 Å². The number of hydrogen-bond acceptors (Lipinski definition) is 1. The second-order valence-corrected chi connectivity index (χ2v) is 3.65. The summed E-state index contributed by atoms with van der Waals surface area (Å²) in [7, 11) is 0. The molecule has 0 heterocycles. The summed E-state index contributed by atoms with van der Waals surface area (Å²) in [6.07, 6.45) is 0.352. The van der Waals surface area contributed by atoms with Gasteiger partial charge in [-0.05, 0) is 24.1 Å². The van der Waals surface area contributed by atoms with Gasteiger partial charge in [-0.3, -0.25) is 4.79 Å². The summed E-state index contributed by atoms with van der Waals surface area (Å²) in [4.78, 5) is 11.4. The van der Waals surface area contributed by atoms with Gasteiger partial charge in [-0.1, -0.05) is 13.8 Å². The van der Waals surface area contributed by atoms with Crippen molar-refractivity contribution in [3.05, 3.63) is 35.4 Å². The van der Waals surface area contributed by atoms with Crippen LogP contribution in [0.25, 0.3) is 0 Å². The number of hydrogen-bond donors (Lipinski definition) is 0. The van der Waals surface area contributed by atoms with Crippen LogP contribution in [-0.2, 0) is 0 Å². The van der Waals surface area contributed by atoms with Gasteiger partial charge in [0.05, 0.1) is 0 Å². The molecule has 3 heteroatoms. The zero-order valence-corrected chi connectivity index (χ0v) is 8.18. The third kappa shape index (κ3) is 2.62. The first-order valence-corrected chi connectivity index (χ1v) is 4.49. The maximum atomic E-state index is 12.7. The molecule has 0 aliphatic heterocycles. The van der Waals surface area contributed by atoms with E-state index in [1.165, 1.54) is 6.07 Å². The van der Waals surface area contributed by atoms with Crippen LogP contribution in [0.2, 0.25) is 0 Å². The Hall–Kier alpha value is -1.25. The summed E-state index contributed by atoms with van der Waals surface area (Å²) in [6, 6.07) is 3.23. The van der Waals surface area contributed by atoms with Gasteiger partial charge in [0.25, 0.3) is 0 Å². The largest absolute Gasteiger partial charge is 0.294 e. The predicted octanol–water partition coefficient (Wildman–Crippen LogP) is 3.19. The van der Waals surface area contributed by atoms with E-state index in [0.29, 0.717) is 6.42 Å². The quantitative estimate of drug-likeness (QED) is 0.681. The van der Waals surface area contributed by atoms with Crippen molar-refractivity contribution in [3.63, 3.8) is 0 Å². The molecule has 0 saturated heterocycles.